The van der Waals surface area contributed by atoms with Crippen LogP contribution >= 0.6 is 23.2 Å². The monoisotopic (exact) mass is 366 g/mol. The standard InChI is InChI=1S/C16H16Cl2N4O2/c1-23-15-7-10(8-21-22-16(19)20)5-6-14(15)24-9-11-12(17)3-2-4-13(11)18/h2-8H,9H2,1H3,(H4,19,20,22)/b21-8+. The number of methoxy groups -OCH3 is 1. The summed E-state index contributed by atoms with van der Waals surface area (Å²) in [4.78, 5) is 0. The van der Waals surface area contributed by atoms with Crippen molar-refractivity contribution in [2.75, 3.05) is 7.11 Å². The Balaban J connectivity index is 2.16. The van der Waals surface area contributed by atoms with Crippen molar-refractivity contribution < 1.29 is 9.47 Å². The third-order valence-electron chi connectivity index (χ3n) is 3.00. The third kappa shape index (κ3) is 4.78. The molecule has 0 fully saturated rings. The van der Waals surface area contributed by atoms with Gasteiger partial charge in [-0.25, -0.2) is 0 Å². The average molecular weight is 367 g/mol. The Labute approximate surface area is 149 Å². The quantitative estimate of drug-likeness (QED) is 0.466. The van der Waals surface area contributed by atoms with Crippen molar-refractivity contribution in [2.24, 2.45) is 21.7 Å². The van der Waals surface area contributed by atoms with Crippen molar-refractivity contribution in [2.45, 2.75) is 6.61 Å². The van der Waals surface area contributed by atoms with Gasteiger partial charge in [-0.1, -0.05) is 29.3 Å². The predicted octanol–water partition coefficient (Wildman–Crippen LogP) is 3.19. The van der Waals surface area contributed by atoms with Crippen LogP contribution in [-0.4, -0.2) is 19.3 Å². The maximum atomic E-state index is 6.13. The molecule has 0 unspecified atom stereocenters. The molecule has 0 saturated carbocycles. The van der Waals surface area contributed by atoms with E-state index < -0.39 is 0 Å². The summed E-state index contributed by atoms with van der Waals surface area (Å²) in [5, 5.41) is 8.37. The van der Waals surface area contributed by atoms with E-state index in [4.69, 9.17) is 44.1 Å². The molecule has 24 heavy (non-hydrogen) atoms. The molecule has 2 aromatic rings. The fourth-order valence-corrected chi connectivity index (χ4v) is 2.37. The Hall–Kier alpha value is -2.44. The summed E-state index contributed by atoms with van der Waals surface area (Å²) >= 11 is 12.3. The summed E-state index contributed by atoms with van der Waals surface area (Å²) in [5.74, 6) is 0.967. The molecule has 0 aliphatic heterocycles. The van der Waals surface area contributed by atoms with Gasteiger partial charge in [0.05, 0.1) is 13.3 Å². The topological polar surface area (TPSA) is 95.2 Å². The Kier molecular flexibility index (Phi) is 6.28. The first-order valence-electron chi connectivity index (χ1n) is 6.87. The van der Waals surface area contributed by atoms with Crippen LogP contribution in [0.15, 0.2) is 46.6 Å². The molecule has 0 saturated heterocycles. The zero-order chi connectivity index (χ0) is 17.5. The second-order valence-corrected chi connectivity index (χ2v) is 5.48. The first kappa shape index (κ1) is 17.9. The Morgan fingerprint density at radius 1 is 1.12 bits per heavy atom. The van der Waals surface area contributed by atoms with Crippen LogP contribution in [-0.2, 0) is 6.61 Å². The number of nitrogens with two attached hydrogens (primary N) is 2. The van der Waals surface area contributed by atoms with Crippen molar-refractivity contribution in [3.05, 3.63) is 57.6 Å². The zero-order valence-corrected chi connectivity index (χ0v) is 14.4. The molecule has 2 aromatic carbocycles. The first-order chi connectivity index (χ1) is 11.5. The molecule has 6 nitrogen and oxygen atoms in total. The summed E-state index contributed by atoms with van der Waals surface area (Å²) in [7, 11) is 1.54. The molecular weight excluding hydrogens is 351 g/mol. The summed E-state index contributed by atoms with van der Waals surface area (Å²) in [6.45, 7) is 0.219. The van der Waals surface area contributed by atoms with E-state index in [1.807, 2.05) is 0 Å². The molecule has 0 atom stereocenters. The fourth-order valence-electron chi connectivity index (χ4n) is 1.87. The number of benzene rings is 2. The van der Waals surface area contributed by atoms with E-state index in [1.165, 1.54) is 6.21 Å². The Morgan fingerprint density at radius 2 is 1.83 bits per heavy atom. The van der Waals surface area contributed by atoms with Crippen molar-refractivity contribution in [3.8, 4) is 11.5 Å². The van der Waals surface area contributed by atoms with Gasteiger partial charge >= 0.3 is 0 Å². The number of guanidine groups is 1. The van der Waals surface area contributed by atoms with Gasteiger partial charge < -0.3 is 20.9 Å². The molecule has 0 aromatic heterocycles. The van der Waals surface area contributed by atoms with E-state index in [0.29, 0.717) is 27.1 Å². The van der Waals surface area contributed by atoms with Gasteiger partial charge in [-0.15, -0.1) is 5.10 Å². The lowest BCUT2D eigenvalue weighted by Gasteiger charge is -2.13. The first-order valence-corrected chi connectivity index (χ1v) is 7.62. The third-order valence-corrected chi connectivity index (χ3v) is 3.71. The molecule has 8 heteroatoms. The van der Waals surface area contributed by atoms with E-state index in [9.17, 15) is 0 Å². The molecule has 0 radical (unpaired) electrons. The highest BCUT2D eigenvalue weighted by molar-refractivity contribution is 6.35. The van der Waals surface area contributed by atoms with Gasteiger partial charge in [0.2, 0.25) is 5.96 Å². The van der Waals surface area contributed by atoms with Crippen LogP contribution in [0.3, 0.4) is 0 Å². The van der Waals surface area contributed by atoms with Crippen LogP contribution in [0.1, 0.15) is 11.1 Å². The van der Waals surface area contributed by atoms with Crippen molar-refractivity contribution in [1.82, 2.24) is 0 Å². The second kappa shape index (κ2) is 8.42. The van der Waals surface area contributed by atoms with E-state index >= 15 is 0 Å². The Morgan fingerprint density at radius 3 is 2.46 bits per heavy atom. The van der Waals surface area contributed by atoms with Gasteiger partial charge in [0, 0.05) is 15.6 Å². The highest BCUT2D eigenvalue weighted by atomic mass is 35.5. The number of hydrogen-bond acceptors (Lipinski definition) is 4. The van der Waals surface area contributed by atoms with Gasteiger partial charge in [-0.3, -0.25) is 0 Å². The number of hydrogen-bond donors (Lipinski definition) is 2. The van der Waals surface area contributed by atoms with E-state index in [0.717, 1.165) is 5.56 Å². The summed E-state index contributed by atoms with van der Waals surface area (Å²) in [6, 6.07) is 10.6. The van der Waals surface area contributed by atoms with Gasteiger partial charge in [0.25, 0.3) is 0 Å². The summed E-state index contributed by atoms with van der Waals surface area (Å²) < 4.78 is 11.1. The largest absolute Gasteiger partial charge is 0.493 e. The highest BCUT2D eigenvalue weighted by Gasteiger charge is 2.09. The number of halogens is 2. The number of rotatable bonds is 6. The van der Waals surface area contributed by atoms with Crippen LogP contribution in [0.5, 0.6) is 11.5 Å². The number of nitrogens with zero attached hydrogens (tertiary/aromatic N) is 2. The van der Waals surface area contributed by atoms with Crippen molar-refractivity contribution >= 4 is 35.4 Å². The average Bonchev–Trinajstić information content (AvgIpc) is 2.54. The molecule has 0 heterocycles. The molecule has 0 aliphatic carbocycles. The van der Waals surface area contributed by atoms with Crippen LogP contribution in [0, 0.1) is 0 Å². The van der Waals surface area contributed by atoms with Crippen molar-refractivity contribution in [1.29, 1.82) is 0 Å². The predicted molar refractivity (Wildman–Crippen MR) is 97.2 cm³/mol. The highest BCUT2D eigenvalue weighted by Crippen LogP contribution is 2.31. The van der Waals surface area contributed by atoms with Crippen molar-refractivity contribution in [3.63, 3.8) is 0 Å². The molecular formula is C16H16Cl2N4O2. The van der Waals surface area contributed by atoms with E-state index in [2.05, 4.69) is 10.2 Å². The molecule has 0 spiro atoms. The number of ether oxygens (including phenoxy) is 2. The molecule has 4 N–H and O–H groups in total. The lowest BCUT2D eigenvalue weighted by molar-refractivity contribution is 0.284. The minimum Gasteiger partial charge on any atom is -0.493 e. The van der Waals surface area contributed by atoms with Gasteiger partial charge in [0.1, 0.15) is 6.61 Å². The summed E-state index contributed by atoms with van der Waals surface area (Å²) in [6.07, 6.45) is 1.50. The van der Waals surface area contributed by atoms with Crippen LogP contribution in [0.4, 0.5) is 0 Å². The minimum absolute atomic E-state index is 0.116. The van der Waals surface area contributed by atoms with Crippen LogP contribution < -0.4 is 20.9 Å². The zero-order valence-electron chi connectivity index (χ0n) is 12.9. The van der Waals surface area contributed by atoms with E-state index in [-0.39, 0.29) is 12.6 Å². The lowest BCUT2D eigenvalue weighted by Crippen LogP contribution is -2.21. The maximum absolute atomic E-state index is 6.13. The Bertz CT molecular complexity index is 754. The lowest BCUT2D eigenvalue weighted by atomic mass is 10.2. The molecule has 0 bridgehead atoms. The maximum Gasteiger partial charge on any atom is 0.211 e. The second-order valence-electron chi connectivity index (χ2n) is 4.67. The molecule has 0 amide bonds. The van der Waals surface area contributed by atoms with Crippen LogP contribution in [0.25, 0.3) is 0 Å². The van der Waals surface area contributed by atoms with Gasteiger partial charge in [-0.2, -0.15) is 5.10 Å². The molecule has 0 aliphatic rings. The SMILES string of the molecule is COc1cc(/C=N/N=C(N)N)ccc1OCc1c(Cl)cccc1Cl. The summed E-state index contributed by atoms with van der Waals surface area (Å²) in [5.41, 5.74) is 11.9. The van der Waals surface area contributed by atoms with E-state index in [1.54, 1.807) is 43.5 Å². The van der Waals surface area contributed by atoms with Gasteiger partial charge in [0.15, 0.2) is 11.5 Å². The van der Waals surface area contributed by atoms with Gasteiger partial charge in [-0.05, 0) is 35.9 Å². The normalized spacial score (nSPS) is 10.6. The van der Waals surface area contributed by atoms with Crippen LogP contribution in [0.2, 0.25) is 10.0 Å². The fraction of sp³-hybridized carbons (Fsp3) is 0.125. The smallest absolute Gasteiger partial charge is 0.211 e. The minimum atomic E-state index is -0.116. The molecule has 126 valence electrons. The molecule has 2 rings (SSSR count).